The maximum atomic E-state index is 5.84. The zero-order valence-electron chi connectivity index (χ0n) is 12.1. The lowest BCUT2D eigenvalue weighted by atomic mass is 10.1. The fourth-order valence-electron chi connectivity index (χ4n) is 2.01. The van der Waals surface area contributed by atoms with Crippen LogP contribution < -0.4 is 14.8 Å². The molecular weight excluding hydrogens is 256 g/mol. The molecule has 108 valence electrons. The van der Waals surface area contributed by atoms with E-state index in [1.807, 2.05) is 18.2 Å². The molecule has 1 atom stereocenters. The topological polar surface area (TPSA) is 56.5 Å². The van der Waals surface area contributed by atoms with Crippen LogP contribution in [0, 0.1) is 0 Å². The molecule has 1 aromatic carbocycles. The number of methoxy groups -OCH3 is 1. The molecule has 1 unspecified atom stereocenters. The van der Waals surface area contributed by atoms with Crippen LogP contribution in [0.25, 0.3) is 0 Å². The highest BCUT2D eigenvalue weighted by atomic mass is 16.5. The van der Waals surface area contributed by atoms with Crippen LogP contribution in [0.2, 0.25) is 0 Å². The van der Waals surface area contributed by atoms with E-state index >= 15 is 0 Å². The number of hydrogen-bond acceptors (Lipinski definition) is 5. The zero-order chi connectivity index (χ0) is 14.4. The molecule has 1 N–H and O–H groups in total. The van der Waals surface area contributed by atoms with E-state index in [0.717, 1.165) is 23.6 Å². The van der Waals surface area contributed by atoms with Crippen molar-refractivity contribution in [1.29, 1.82) is 0 Å². The summed E-state index contributed by atoms with van der Waals surface area (Å²) in [5.74, 6) is 2.24. The van der Waals surface area contributed by atoms with Gasteiger partial charge in [0, 0.05) is 23.7 Å². The van der Waals surface area contributed by atoms with Gasteiger partial charge in [-0.15, -0.1) is 0 Å². The number of nitrogens with zero attached hydrogens (tertiary/aromatic N) is 1. The zero-order valence-corrected chi connectivity index (χ0v) is 12.1. The molecule has 0 aliphatic heterocycles. The molecule has 0 amide bonds. The minimum atomic E-state index is 0.204. The number of aromatic nitrogens is 1. The summed E-state index contributed by atoms with van der Waals surface area (Å²) < 4.78 is 16.1. The van der Waals surface area contributed by atoms with Gasteiger partial charge in [0.15, 0.2) is 5.76 Å². The maximum Gasteiger partial charge on any atom is 0.174 e. The average Bonchev–Trinajstić information content (AvgIpc) is 2.98. The van der Waals surface area contributed by atoms with Crippen molar-refractivity contribution < 1.29 is 14.0 Å². The molecule has 1 heterocycles. The van der Waals surface area contributed by atoms with Gasteiger partial charge in [-0.25, -0.2) is 0 Å². The lowest BCUT2D eigenvalue weighted by molar-refractivity contribution is 0.245. The molecule has 0 aliphatic rings. The van der Waals surface area contributed by atoms with Crippen molar-refractivity contribution in [3.8, 4) is 11.5 Å². The first-order valence-corrected chi connectivity index (χ1v) is 6.68. The van der Waals surface area contributed by atoms with Crippen molar-refractivity contribution in [3.63, 3.8) is 0 Å². The number of benzene rings is 1. The third kappa shape index (κ3) is 3.51. The van der Waals surface area contributed by atoms with E-state index in [0.29, 0.717) is 12.4 Å². The van der Waals surface area contributed by atoms with E-state index < -0.39 is 0 Å². The Morgan fingerprint density at radius 3 is 2.85 bits per heavy atom. The smallest absolute Gasteiger partial charge is 0.174 e. The third-order valence-electron chi connectivity index (χ3n) is 3.06. The van der Waals surface area contributed by atoms with E-state index in [9.17, 15) is 0 Å². The Labute approximate surface area is 118 Å². The summed E-state index contributed by atoms with van der Waals surface area (Å²) in [5.41, 5.74) is 1.09. The van der Waals surface area contributed by atoms with E-state index in [-0.39, 0.29) is 6.04 Å². The lowest BCUT2D eigenvalue weighted by Gasteiger charge is -2.18. The molecule has 0 aliphatic carbocycles. The van der Waals surface area contributed by atoms with Crippen molar-refractivity contribution in [3.05, 3.63) is 41.8 Å². The first-order chi connectivity index (χ1) is 9.74. The van der Waals surface area contributed by atoms with Gasteiger partial charge in [-0.1, -0.05) is 18.1 Å². The Kier molecular flexibility index (Phi) is 5.01. The fourth-order valence-corrected chi connectivity index (χ4v) is 2.01. The SMILES string of the molecule is CCNC(C)c1ccc(OC)cc1OCc1ccno1. The van der Waals surface area contributed by atoms with Crippen molar-refractivity contribution in [1.82, 2.24) is 10.5 Å². The number of rotatable bonds is 7. The summed E-state index contributed by atoms with van der Waals surface area (Å²) in [7, 11) is 1.64. The van der Waals surface area contributed by atoms with Gasteiger partial charge in [0.1, 0.15) is 18.1 Å². The standard InChI is InChI=1S/C15H20N2O3/c1-4-16-11(2)14-6-5-12(18-3)9-15(14)19-10-13-7-8-17-20-13/h5-9,11,16H,4,10H2,1-3H3. The van der Waals surface area contributed by atoms with Crippen LogP contribution in [-0.4, -0.2) is 18.8 Å². The number of nitrogens with one attached hydrogen (secondary N) is 1. The largest absolute Gasteiger partial charge is 0.497 e. The fraction of sp³-hybridized carbons (Fsp3) is 0.400. The molecule has 2 rings (SSSR count). The molecule has 5 nitrogen and oxygen atoms in total. The van der Waals surface area contributed by atoms with E-state index in [1.54, 1.807) is 19.4 Å². The molecule has 0 fully saturated rings. The maximum absolute atomic E-state index is 5.84. The van der Waals surface area contributed by atoms with Crippen molar-refractivity contribution in [2.75, 3.05) is 13.7 Å². The van der Waals surface area contributed by atoms with Gasteiger partial charge < -0.3 is 19.3 Å². The van der Waals surface area contributed by atoms with Crippen LogP contribution in [-0.2, 0) is 6.61 Å². The normalized spacial score (nSPS) is 12.2. The molecule has 5 heteroatoms. The summed E-state index contributed by atoms with van der Waals surface area (Å²) in [6, 6.07) is 7.83. The Balaban J connectivity index is 2.18. The van der Waals surface area contributed by atoms with Gasteiger partial charge >= 0.3 is 0 Å². The van der Waals surface area contributed by atoms with Crippen LogP contribution in [0.4, 0.5) is 0 Å². The quantitative estimate of drug-likeness (QED) is 0.842. The van der Waals surface area contributed by atoms with Crippen molar-refractivity contribution in [2.45, 2.75) is 26.5 Å². The van der Waals surface area contributed by atoms with Gasteiger partial charge in [-0.2, -0.15) is 0 Å². The molecular formula is C15H20N2O3. The summed E-state index contributed by atoms with van der Waals surface area (Å²) in [6.45, 7) is 5.43. The molecule has 2 aromatic rings. The monoisotopic (exact) mass is 276 g/mol. The summed E-state index contributed by atoms with van der Waals surface area (Å²) in [5, 5.41) is 7.04. The van der Waals surface area contributed by atoms with Gasteiger partial charge in [0.25, 0.3) is 0 Å². The number of ether oxygens (including phenoxy) is 2. The van der Waals surface area contributed by atoms with Crippen LogP contribution in [0.1, 0.15) is 31.2 Å². The molecule has 1 aromatic heterocycles. The highest BCUT2D eigenvalue weighted by Gasteiger charge is 2.13. The third-order valence-corrected chi connectivity index (χ3v) is 3.06. The second-order valence-corrected chi connectivity index (χ2v) is 4.45. The Morgan fingerprint density at radius 2 is 2.20 bits per heavy atom. The van der Waals surface area contributed by atoms with E-state index in [4.69, 9.17) is 14.0 Å². The first kappa shape index (κ1) is 14.4. The highest BCUT2D eigenvalue weighted by Crippen LogP contribution is 2.30. The molecule has 0 spiro atoms. The van der Waals surface area contributed by atoms with Gasteiger partial charge in [0.2, 0.25) is 0 Å². The molecule has 0 bridgehead atoms. The Morgan fingerprint density at radius 1 is 1.35 bits per heavy atom. The van der Waals surface area contributed by atoms with E-state index in [2.05, 4.69) is 24.3 Å². The molecule has 0 saturated carbocycles. The minimum absolute atomic E-state index is 0.204. The van der Waals surface area contributed by atoms with E-state index in [1.165, 1.54) is 0 Å². The molecule has 0 saturated heterocycles. The second-order valence-electron chi connectivity index (χ2n) is 4.45. The molecule has 0 radical (unpaired) electrons. The lowest BCUT2D eigenvalue weighted by Crippen LogP contribution is -2.18. The van der Waals surface area contributed by atoms with Crippen LogP contribution in [0.3, 0.4) is 0 Å². The Bertz CT molecular complexity index is 526. The van der Waals surface area contributed by atoms with Crippen LogP contribution in [0.15, 0.2) is 35.0 Å². The van der Waals surface area contributed by atoms with Gasteiger partial charge in [0.05, 0.1) is 13.3 Å². The first-order valence-electron chi connectivity index (χ1n) is 6.68. The van der Waals surface area contributed by atoms with Crippen molar-refractivity contribution >= 4 is 0 Å². The predicted molar refractivity (Wildman–Crippen MR) is 75.9 cm³/mol. The van der Waals surface area contributed by atoms with Crippen LogP contribution in [0.5, 0.6) is 11.5 Å². The summed E-state index contributed by atoms with van der Waals surface area (Å²) in [4.78, 5) is 0. The molecule has 20 heavy (non-hydrogen) atoms. The van der Waals surface area contributed by atoms with Crippen molar-refractivity contribution in [2.24, 2.45) is 0 Å². The predicted octanol–water partition coefficient (Wildman–Crippen LogP) is 2.93. The minimum Gasteiger partial charge on any atom is -0.497 e. The summed E-state index contributed by atoms with van der Waals surface area (Å²) >= 11 is 0. The Hall–Kier alpha value is -2.01. The summed E-state index contributed by atoms with van der Waals surface area (Å²) in [6.07, 6.45) is 1.60. The van der Waals surface area contributed by atoms with Gasteiger partial charge in [-0.3, -0.25) is 0 Å². The highest BCUT2D eigenvalue weighted by molar-refractivity contribution is 5.42. The second kappa shape index (κ2) is 6.96. The number of hydrogen-bond donors (Lipinski definition) is 1. The van der Waals surface area contributed by atoms with Crippen LogP contribution >= 0.6 is 0 Å². The average molecular weight is 276 g/mol. The van der Waals surface area contributed by atoms with Gasteiger partial charge in [-0.05, 0) is 19.5 Å².